The van der Waals surface area contributed by atoms with Crippen molar-refractivity contribution in [3.05, 3.63) is 34.2 Å². The van der Waals surface area contributed by atoms with Crippen LogP contribution in [0.4, 0.5) is 0 Å². The summed E-state index contributed by atoms with van der Waals surface area (Å²) in [5, 5.41) is 0. The molecular formula is C13H19NOSi. The van der Waals surface area contributed by atoms with Gasteiger partial charge in [-0.05, 0) is 19.9 Å². The maximum absolute atomic E-state index is 11.5. The van der Waals surface area contributed by atoms with E-state index in [0.29, 0.717) is 0 Å². The van der Waals surface area contributed by atoms with Crippen LogP contribution in [0.3, 0.4) is 0 Å². The molecule has 0 aliphatic heterocycles. The Bertz CT molecular complexity index is 483. The third-order valence-electron chi connectivity index (χ3n) is 2.08. The first-order chi connectivity index (χ1) is 7.29. The van der Waals surface area contributed by atoms with Crippen LogP contribution in [0.1, 0.15) is 25.5 Å². The molecule has 86 valence electrons. The van der Waals surface area contributed by atoms with Gasteiger partial charge in [-0.1, -0.05) is 25.6 Å². The largest absolute Gasteiger partial charge is 0.312 e. The number of nitrogens with zero attached hydrogens (tertiary/aromatic N) is 1. The van der Waals surface area contributed by atoms with Gasteiger partial charge in [0.1, 0.15) is 8.07 Å². The second-order valence-corrected chi connectivity index (χ2v) is 10.0. The van der Waals surface area contributed by atoms with Crippen molar-refractivity contribution < 1.29 is 0 Å². The predicted octanol–water partition coefficient (Wildman–Crippen LogP) is 2.66. The van der Waals surface area contributed by atoms with Gasteiger partial charge >= 0.3 is 0 Å². The highest BCUT2D eigenvalue weighted by atomic mass is 28.3. The van der Waals surface area contributed by atoms with Gasteiger partial charge in [0, 0.05) is 23.9 Å². The molecule has 0 unspecified atom stereocenters. The molecule has 0 aliphatic rings. The van der Waals surface area contributed by atoms with Crippen LogP contribution < -0.4 is 5.56 Å². The zero-order chi connectivity index (χ0) is 12.3. The highest BCUT2D eigenvalue weighted by molar-refractivity contribution is 6.83. The van der Waals surface area contributed by atoms with Gasteiger partial charge in [0.05, 0.1) is 0 Å². The second kappa shape index (κ2) is 4.71. The van der Waals surface area contributed by atoms with E-state index < -0.39 is 8.07 Å². The maximum Gasteiger partial charge on any atom is 0.250 e. The van der Waals surface area contributed by atoms with Crippen LogP contribution in [0, 0.1) is 11.5 Å². The summed E-state index contributed by atoms with van der Waals surface area (Å²) in [6.07, 6.45) is 1.85. The Morgan fingerprint density at radius 2 is 1.88 bits per heavy atom. The molecule has 2 nitrogen and oxygen atoms in total. The Morgan fingerprint density at radius 3 is 2.38 bits per heavy atom. The number of rotatable bonds is 1. The summed E-state index contributed by atoms with van der Waals surface area (Å²) >= 11 is 0. The Kier molecular flexibility index (Phi) is 3.77. The van der Waals surface area contributed by atoms with E-state index in [0.717, 1.165) is 5.56 Å². The summed E-state index contributed by atoms with van der Waals surface area (Å²) in [6.45, 7) is 10.6. The minimum absolute atomic E-state index is 0.0357. The first-order valence-electron chi connectivity index (χ1n) is 5.55. The fourth-order valence-electron chi connectivity index (χ4n) is 1.24. The zero-order valence-electron chi connectivity index (χ0n) is 10.7. The molecule has 0 atom stereocenters. The van der Waals surface area contributed by atoms with Crippen molar-refractivity contribution in [1.29, 1.82) is 0 Å². The molecule has 1 heterocycles. The molecule has 0 spiro atoms. The van der Waals surface area contributed by atoms with Crippen molar-refractivity contribution in [2.45, 2.75) is 39.5 Å². The van der Waals surface area contributed by atoms with Crippen LogP contribution in [-0.2, 0) is 0 Å². The quantitative estimate of drug-likeness (QED) is 0.540. The van der Waals surface area contributed by atoms with Gasteiger partial charge in [-0.3, -0.25) is 4.79 Å². The van der Waals surface area contributed by atoms with E-state index in [9.17, 15) is 4.79 Å². The third kappa shape index (κ3) is 3.71. The molecule has 0 fully saturated rings. The summed E-state index contributed by atoms with van der Waals surface area (Å²) < 4.78 is 1.72. The molecule has 1 aromatic rings. The lowest BCUT2D eigenvalue weighted by molar-refractivity contribution is 0.577. The Labute approximate surface area is 98.3 Å². The fourth-order valence-corrected chi connectivity index (χ4v) is 1.76. The Hall–Kier alpha value is -1.27. The first-order valence-corrected chi connectivity index (χ1v) is 9.05. The van der Waals surface area contributed by atoms with Gasteiger partial charge in [-0.25, -0.2) is 0 Å². The van der Waals surface area contributed by atoms with Crippen molar-refractivity contribution in [2.75, 3.05) is 0 Å². The molecule has 0 saturated heterocycles. The molecule has 0 amide bonds. The molecule has 1 rings (SSSR count). The number of pyridine rings is 1. The smallest absolute Gasteiger partial charge is 0.250 e. The van der Waals surface area contributed by atoms with Crippen LogP contribution >= 0.6 is 0 Å². The van der Waals surface area contributed by atoms with E-state index >= 15 is 0 Å². The van der Waals surface area contributed by atoms with Crippen molar-refractivity contribution in [3.8, 4) is 11.5 Å². The van der Waals surface area contributed by atoms with Gasteiger partial charge in [0.25, 0.3) is 5.56 Å². The minimum atomic E-state index is -1.35. The summed E-state index contributed by atoms with van der Waals surface area (Å²) in [5.41, 5.74) is 4.26. The molecule has 1 aromatic heterocycles. The van der Waals surface area contributed by atoms with Gasteiger partial charge in [-0.15, -0.1) is 5.54 Å². The average molecular weight is 233 g/mol. The number of hydrogen-bond acceptors (Lipinski definition) is 1. The lowest BCUT2D eigenvalue weighted by Gasteiger charge is -2.09. The van der Waals surface area contributed by atoms with Crippen LogP contribution in [0.2, 0.25) is 19.6 Å². The van der Waals surface area contributed by atoms with Gasteiger partial charge in [0.2, 0.25) is 0 Å². The van der Waals surface area contributed by atoms with Gasteiger partial charge < -0.3 is 4.57 Å². The van der Waals surface area contributed by atoms with Crippen molar-refractivity contribution in [1.82, 2.24) is 4.57 Å². The molecule has 0 saturated carbocycles. The highest BCUT2D eigenvalue weighted by Crippen LogP contribution is 2.03. The summed E-state index contributed by atoms with van der Waals surface area (Å²) in [4.78, 5) is 11.5. The van der Waals surface area contributed by atoms with Gasteiger partial charge in [0.15, 0.2) is 0 Å². The maximum atomic E-state index is 11.5. The van der Waals surface area contributed by atoms with Crippen LogP contribution in [-0.4, -0.2) is 12.6 Å². The molecule has 16 heavy (non-hydrogen) atoms. The predicted molar refractivity (Wildman–Crippen MR) is 71.3 cm³/mol. The SMILES string of the molecule is CC(C)n1cc(C#C[Si](C)(C)C)ccc1=O. The van der Waals surface area contributed by atoms with E-state index in [2.05, 4.69) is 31.1 Å². The minimum Gasteiger partial charge on any atom is -0.312 e. The van der Waals surface area contributed by atoms with E-state index in [-0.39, 0.29) is 11.6 Å². The van der Waals surface area contributed by atoms with Gasteiger partial charge in [-0.2, -0.15) is 0 Å². The molecule has 0 bridgehead atoms. The zero-order valence-corrected chi connectivity index (χ0v) is 11.7. The van der Waals surface area contributed by atoms with Crippen molar-refractivity contribution in [2.24, 2.45) is 0 Å². The molecule has 0 aromatic carbocycles. The van der Waals surface area contributed by atoms with Crippen LogP contribution in [0.5, 0.6) is 0 Å². The lowest BCUT2D eigenvalue weighted by Crippen LogP contribution is -2.20. The van der Waals surface area contributed by atoms with E-state index in [4.69, 9.17) is 0 Å². The molecule has 0 radical (unpaired) electrons. The summed E-state index contributed by atoms with van der Waals surface area (Å²) in [5.74, 6) is 3.16. The first kappa shape index (κ1) is 12.8. The lowest BCUT2D eigenvalue weighted by atomic mass is 10.2. The third-order valence-corrected chi connectivity index (χ3v) is 2.95. The summed E-state index contributed by atoms with van der Waals surface area (Å²) in [7, 11) is -1.35. The summed E-state index contributed by atoms with van der Waals surface area (Å²) in [6, 6.07) is 3.57. The topological polar surface area (TPSA) is 22.0 Å². The molecular weight excluding hydrogens is 214 g/mol. The van der Waals surface area contributed by atoms with E-state index in [1.165, 1.54) is 0 Å². The second-order valence-electron chi connectivity index (χ2n) is 5.26. The van der Waals surface area contributed by atoms with E-state index in [1.54, 1.807) is 16.7 Å². The Balaban J connectivity index is 3.13. The van der Waals surface area contributed by atoms with Crippen LogP contribution in [0.15, 0.2) is 23.1 Å². The fraction of sp³-hybridized carbons (Fsp3) is 0.462. The van der Waals surface area contributed by atoms with Crippen molar-refractivity contribution in [3.63, 3.8) is 0 Å². The number of aromatic nitrogens is 1. The standard InChI is InChI=1S/C13H19NOSi/c1-11(2)14-10-12(6-7-13(14)15)8-9-16(3,4)5/h6-7,10-11H,1-5H3. The average Bonchev–Trinajstić information content (AvgIpc) is 2.14. The molecule has 3 heteroatoms. The number of hydrogen-bond donors (Lipinski definition) is 0. The van der Waals surface area contributed by atoms with E-state index in [1.807, 2.05) is 20.0 Å². The van der Waals surface area contributed by atoms with Crippen LogP contribution in [0.25, 0.3) is 0 Å². The molecule has 0 aliphatic carbocycles. The monoisotopic (exact) mass is 233 g/mol. The Morgan fingerprint density at radius 1 is 1.25 bits per heavy atom. The van der Waals surface area contributed by atoms with Crippen molar-refractivity contribution >= 4 is 8.07 Å². The highest BCUT2D eigenvalue weighted by Gasteiger charge is 2.07. The molecule has 0 N–H and O–H groups in total. The normalized spacial score (nSPS) is 11.1.